The topological polar surface area (TPSA) is 113 Å². The molecule has 5 rings (SSSR count). The van der Waals surface area contributed by atoms with E-state index < -0.39 is 12.1 Å². The fraction of sp³-hybridized carbons (Fsp3) is 0.241. The van der Waals surface area contributed by atoms with Crippen LogP contribution in [0.5, 0.6) is 0 Å². The van der Waals surface area contributed by atoms with Crippen molar-refractivity contribution in [3.05, 3.63) is 96.1 Å². The number of aliphatic carboxylic acids is 1. The van der Waals surface area contributed by atoms with Gasteiger partial charge >= 0.3 is 12.1 Å². The number of rotatable bonds is 7. The SMILES string of the molecule is O=C(NCC1CCC1)c1ncccc1NC(=O)c1ccc(Cn2cccc2)c2ccccc12.O=C(O)C(F)(F)F. The second-order valence-electron chi connectivity index (χ2n) is 9.34. The number of hydrogen-bond donors (Lipinski definition) is 3. The lowest BCUT2D eigenvalue weighted by molar-refractivity contribution is -0.192. The third-order valence-corrected chi connectivity index (χ3v) is 6.57. The lowest BCUT2D eigenvalue weighted by Crippen LogP contribution is -2.33. The average molecular weight is 553 g/mol. The maximum atomic E-state index is 13.3. The van der Waals surface area contributed by atoms with Crippen molar-refractivity contribution in [2.45, 2.75) is 32.0 Å². The number of nitrogens with zero attached hydrogens (tertiary/aromatic N) is 2. The van der Waals surface area contributed by atoms with E-state index in [1.54, 1.807) is 18.3 Å². The van der Waals surface area contributed by atoms with E-state index in [2.05, 4.69) is 20.2 Å². The van der Waals surface area contributed by atoms with Gasteiger partial charge in [0.2, 0.25) is 0 Å². The smallest absolute Gasteiger partial charge is 0.475 e. The Morgan fingerprint density at radius 2 is 1.60 bits per heavy atom. The Morgan fingerprint density at radius 1 is 0.925 bits per heavy atom. The summed E-state index contributed by atoms with van der Waals surface area (Å²) in [5, 5.41) is 14.9. The molecular weight excluding hydrogens is 525 g/mol. The molecule has 0 atom stereocenters. The van der Waals surface area contributed by atoms with Crippen molar-refractivity contribution in [3.63, 3.8) is 0 Å². The third kappa shape index (κ3) is 7.04. The van der Waals surface area contributed by atoms with Crippen molar-refractivity contribution in [2.75, 3.05) is 11.9 Å². The van der Waals surface area contributed by atoms with Gasteiger partial charge in [0, 0.05) is 37.2 Å². The molecule has 1 saturated carbocycles. The van der Waals surface area contributed by atoms with Crippen molar-refractivity contribution in [2.24, 2.45) is 5.92 Å². The van der Waals surface area contributed by atoms with E-state index in [-0.39, 0.29) is 17.5 Å². The van der Waals surface area contributed by atoms with Gasteiger partial charge in [-0.05, 0) is 65.4 Å². The molecule has 3 N–H and O–H groups in total. The number of amides is 2. The summed E-state index contributed by atoms with van der Waals surface area (Å²) < 4.78 is 33.8. The number of benzene rings is 2. The normalized spacial score (nSPS) is 13.1. The van der Waals surface area contributed by atoms with Crippen LogP contribution in [0.15, 0.2) is 79.3 Å². The minimum Gasteiger partial charge on any atom is -0.475 e. The van der Waals surface area contributed by atoms with Crippen molar-refractivity contribution in [3.8, 4) is 0 Å². The summed E-state index contributed by atoms with van der Waals surface area (Å²) in [7, 11) is 0. The van der Waals surface area contributed by atoms with Crippen molar-refractivity contribution >= 4 is 34.2 Å². The van der Waals surface area contributed by atoms with Crippen LogP contribution in [0.1, 0.15) is 45.7 Å². The number of anilines is 1. The monoisotopic (exact) mass is 552 g/mol. The molecule has 8 nitrogen and oxygen atoms in total. The molecule has 1 fully saturated rings. The molecule has 0 radical (unpaired) electrons. The summed E-state index contributed by atoms with van der Waals surface area (Å²) in [6, 6.07) is 19.2. The van der Waals surface area contributed by atoms with Crippen molar-refractivity contribution in [1.29, 1.82) is 0 Å². The molecule has 0 bridgehead atoms. The first-order valence-corrected chi connectivity index (χ1v) is 12.6. The fourth-order valence-electron chi connectivity index (χ4n) is 4.26. The van der Waals surface area contributed by atoms with Crippen molar-refractivity contribution in [1.82, 2.24) is 14.9 Å². The number of carboxylic acid groups (broad SMARTS) is 1. The van der Waals surface area contributed by atoms with Crippen LogP contribution >= 0.6 is 0 Å². The number of pyridine rings is 1. The Kier molecular flexibility index (Phi) is 8.83. The Balaban J connectivity index is 0.000000470. The minimum absolute atomic E-state index is 0.235. The van der Waals surface area contributed by atoms with E-state index in [1.165, 1.54) is 6.42 Å². The molecule has 0 spiro atoms. The minimum atomic E-state index is -5.08. The van der Waals surface area contributed by atoms with Gasteiger partial charge in [0.25, 0.3) is 11.8 Å². The summed E-state index contributed by atoms with van der Waals surface area (Å²) in [6.45, 7) is 1.37. The van der Waals surface area contributed by atoms with Crippen LogP contribution in [-0.4, -0.2) is 45.2 Å². The number of carbonyl (C=O) groups excluding carboxylic acids is 2. The summed E-state index contributed by atoms with van der Waals surface area (Å²) >= 11 is 0. The summed E-state index contributed by atoms with van der Waals surface area (Å²) in [6.07, 6.45) is 4.06. The number of carbonyl (C=O) groups is 3. The molecule has 0 aliphatic heterocycles. The predicted molar refractivity (Wildman–Crippen MR) is 143 cm³/mol. The number of aromatic nitrogens is 2. The van der Waals surface area contributed by atoms with Gasteiger partial charge in [0.15, 0.2) is 5.69 Å². The number of hydrogen-bond acceptors (Lipinski definition) is 4. The van der Waals surface area contributed by atoms with E-state index >= 15 is 0 Å². The van der Waals surface area contributed by atoms with Gasteiger partial charge in [-0.15, -0.1) is 0 Å². The molecule has 4 aromatic rings. The number of halogens is 3. The highest BCUT2D eigenvalue weighted by Crippen LogP contribution is 2.27. The first-order chi connectivity index (χ1) is 19.1. The molecule has 11 heteroatoms. The molecule has 1 aliphatic rings. The van der Waals surface area contributed by atoms with Crippen LogP contribution in [-0.2, 0) is 11.3 Å². The lowest BCUT2D eigenvalue weighted by Gasteiger charge is -2.25. The van der Waals surface area contributed by atoms with Gasteiger partial charge in [-0.3, -0.25) is 9.59 Å². The van der Waals surface area contributed by atoms with Crippen LogP contribution < -0.4 is 10.6 Å². The molecule has 2 aromatic carbocycles. The molecule has 40 heavy (non-hydrogen) atoms. The quantitative estimate of drug-likeness (QED) is 0.280. The third-order valence-electron chi connectivity index (χ3n) is 6.57. The Bertz CT molecular complexity index is 1500. The van der Waals surface area contributed by atoms with Crippen molar-refractivity contribution < 1.29 is 32.7 Å². The zero-order valence-electron chi connectivity index (χ0n) is 21.3. The van der Waals surface area contributed by atoms with Gasteiger partial charge in [-0.25, -0.2) is 9.78 Å². The highest BCUT2D eigenvalue weighted by atomic mass is 19.4. The molecule has 1 aliphatic carbocycles. The lowest BCUT2D eigenvalue weighted by atomic mass is 9.85. The molecule has 2 aromatic heterocycles. The van der Waals surface area contributed by atoms with E-state index in [1.807, 2.05) is 60.9 Å². The van der Waals surface area contributed by atoms with E-state index in [4.69, 9.17) is 9.90 Å². The number of alkyl halides is 3. The average Bonchev–Trinajstić information content (AvgIpc) is 3.41. The molecule has 2 amide bonds. The standard InChI is InChI=1S/C27H26N4O2.C2HF3O2/c32-26(30-24-11-6-14-28-25(24)27(33)29-17-19-7-5-8-19)23-13-12-20(18-31-15-3-4-16-31)21-9-1-2-10-22(21)23;3-2(4,5)1(6)7/h1-4,6,9-16,19H,5,7-8,17-18H2,(H,29,33)(H,30,32);(H,6,7). The zero-order chi connectivity index (χ0) is 28.7. The first-order valence-electron chi connectivity index (χ1n) is 12.6. The Labute approximate surface area is 227 Å². The van der Waals surface area contributed by atoms with E-state index in [0.717, 1.165) is 35.7 Å². The maximum Gasteiger partial charge on any atom is 0.490 e. The maximum absolute atomic E-state index is 13.3. The molecule has 208 valence electrons. The highest BCUT2D eigenvalue weighted by molar-refractivity contribution is 6.15. The summed E-state index contributed by atoms with van der Waals surface area (Å²) in [5.41, 5.74) is 2.34. The zero-order valence-corrected chi connectivity index (χ0v) is 21.3. The van der Waals surface area contributed by atoms with Gasteiger partial charge in [0.1, 0.15) is 0 Å². The van der Waals surface area contributed by atoms with Gasteiger partial charge in [-0.2, -0.15) is 13.2 Å². The molecule has 0 saturated heterocycles. The number of carboxylic acids is 1. The predicted octanol–water partition coefficient (Wildman–Crippen LogP) is 5.50. The number of fused-ring (bicyclic) bond motifs is 1. The summed E-state index contributed by atoms with van der Waals surface area (Å²) in [4.78, 5) is 39.1. The molecule has 2 heterocycles. The van der Waals surface area contributed by atoms with Crippen LogP contribution in [0.2, 0.25) is 0 Å². The van der Waals surface area contributed by atoms with Crippen LogP contribution in [0.4, 0.5) is 18.9 Å². The largest absolute Gasteiger partial charge is 0.490 e. The highest BCUT2D eigenvalue weighted by Gasteiger charge is 2.38. The second kappa shape index (κ2) is 12.5. The van der Waals surface area contributed by atoms with Gasteiger partial charge < -0.3 is 20.3 Å². The van der Waals surface area contributed by atoms with Crippen LogP contribution in [0.3, 0.4) is 0 Å². The Morgan fingerprint density at radius 3 is 2.23 bits per heavy atom. The first kappa shape index (κ1) is 28.3. The van der Waals surface area contributed by atoms with Gasteiger partial charge in [0.05, 0.1) is 5.69 Å². The van der Waals surface area contributed by atoms with E-state index in [9.17, 15) is 22.8 Å². The second-order valence-corrected chi connectivity index (χ2v) is 9.34. The Hall–Kier alpha value is -4.67. The van der Waals surface area contributed by atoms with Gasteiger partial charge in [-0.1, -0.05) is 36.8 Å². The summed E-state index contributed by atoms with van der Waals surface area (Å²) in [5.74, 6) is -2.73. The molecular formula is C29H27F3N4O4. The molecule has 0 unspecified atom stereocenters. The van der Waals surface area contributed by atoms with Crippen LogP contribution in [0, 0.1) is 5.92 Å². The fourth-order valence-corrected chi connectivity index (χ4v) is 4.26. The van der Waals surface area contributed by atoms with E-state index in [0.29, 0.717) is 23.7 Å². The number of nitrogens with one attached hydrogen (secondary N) is 2. The van der Waals surface area contributed by atoms with Crippen LogP contribution in [0.25, 0.3) is 10.8 Å².